The summed E-state index contributed by atoms with van der Waals surface area (Å²) in [4.78, 5) is 2.65. The van der Waals surface area contributed by atoms with E-state index in [-0.39, 0.29) is 0 Å². The fraction of sp³-hybridized carbons (Fsp3) is 1.00. The smallest absolute Gasteiger partial charge is 0.0587 e. The first-order chi connectivity index (χ1) is 9.26. The van der Waals surface area contributed by atoms with Gasteiger partial charge in [0.05, 0.1) is 6.10 Å². The van der Waals surface area contributed by atoms with E-state index in [1.165, 1.54) is 44.9 Å². The third-order valence-electron chi connectivity index (χ3n) is 5.63. The van der Waals surface area contributed by atoms with E-state index < -0.39 is 0 Å². The Morgan fingerprint density at radius 1 is 1.05 bits per heavy atom. The molecule has 3 aliphatic rings. The maximum atomic E-state index is 5.79. The van der Waals surface area contributed by atoms with Crippen LogP contribution in [0.5, 0.6) is 0 Å². The molecule has 0 aromatic rings. The van der Waals surface area contributed by atoms with E-state index in [9.17, 15) is 0 Å². The third kappa shape index (κ3) is 3.14. The van der Waals surface area contributed by atoms with E-state index in [0.717, 1.165) is 31.2 Å². The molecule has 1 N–H and O–H groups in total. The van der Waals surface area contributed by atoms with Gasteiger partial charge in [0.25, 0.3) is 0 Å². The van der Waals surface area contributed by atoms with Crippen molar-refractivity contribution >= 4 is 0 Å². The van der Waals surface area contributed by atoms with Gasteiger partial charge in [-0.25, -0.2) is 0 Å². The van der Waals surface area contributed by atoms with Crippen LogP contribution in [-0.4, -0.2) is 48.8 Å². The Morgan fingerprint density at radius 3 is 2.47 bits per heavy atom. The topological polar surface area (TPSA) is 24.5 Å². The second-order valence-electron chi connectivity index (χ2n) is 6.86. The molecule has 19 heavy (non-hydrogen) atoms. The number of nitrogens with zero attached hydrogens (tertiary/aromatic N) is 1. The average Bonchev–Trinajstić information content (AvgIpc) is 2.40. The van der Waals surface area contributed by atoms with Crippen LogP contribution in [0.1, 0.15) is 58.3 Å². The van der Waals surface area contributed by atoms with Crippen LogP contribution in [0, 0.1) is 0 Å². The predicted octanol–water partition coefficient (Wildman–Crippen LogP) is 2.55. The molecule has 110 valence electrons. The fourth-order valence-electron chi connectivity index (χ4n) is 4.40. The molecule has 3 saturated heterocycles. The van der Waals surface area contributed by atoms with Gasteiger partial charge in [-0.15, -0.1) is 0 Å². The van der Waals surface area contributed by atoms with E-state index >= 15 is 0 Å². The molecule has 3 nitrogen and oxygen atoms in total. The van der Waals surface area contributed by atoms with Crippen LogP contribution in [0.2, 0.25) is 0 Å². The minimum Gasteiger partial charge on any atom is -0.378 e. The molecule has 4 unspecified atom stereocenters. The maximum Gasteiger partial charge on any atom is 0.0587 e. The Balaban J connectivity index is 1.53. The lowest BCUT2D eigenvalue weighted by Crippen LogP contribution is -2.56. The summed E-state index contributed by atoms with van der Waals surface area (Å²) in [6, 6.07) is 3.14. The Hall–Kier alpha value is -0.120. The van der Waals surface area contributed by atoms with Crippen molar-refractivity contribution in [2.24, 2.45) is 0 Å². The summed E-state index contributed by atoms with van der Waals surface area (Å²) >= 11 is 0. The number of hydrogen-bond acceptors (Lipinski definition) is 3. The van der Waals surface area contributed by atoms with Crippen molar-refractivity contribution < 1.29 is 4.74 Å². The molecule has 2 bridgehead atoms. The first kappa shape index (κ1) is 13.8. The summed E-state index contributed by atoms with van der Waals surface area (Å²) < 4.78 is 5.79. The number of hydrogen-bond donors (Lipinski definition) is 1. The first-order valence-corrected chi connectivity index (χ1v) is 8.35. The summed E-state index contributed by atoms with van der Waals surface area (Å²) in [5, 5.41) is 3.96. The second-order valence-corrected chi connectivity index (χ2v) is 6.86. The van der Waals surface area contributed by atoms with Gasteiger partial charge >= 0.3 is 0 Å². The highest BCUT2D eigenvalue weighted by molar-refractivity contribution is 4.94. The number of ether oxygens (including phenoxy) is 1. The van der Waals surface area contributed by atoms with Crippen molar-refractivity contribution in [2.45, 2.75) is 88.6 Å². The van der Waals surface area contributed by atoms with Gasteiger partial charge in [0.1, 0.15) is 0 Å². The molecule has 3 aliphatic heterocycles. The first-order valence-electron chi connectivity index (χ1n) is 8.35. The third-order valence-corrected chi connectivity index (χ3v) is 5.63. The molecule has 0 saturated carbocycles. The number of rotatable bonds is 3. The molecule has 3 heterocycles. The number of nitrogens with one attached hydrogen (secondary N) is 1. The van der Waals surface area contributed by atoms with Crippen LogP contribution in [0.4, 0.5) is 0 Å². The molecule has 0 amide bonds. The summed E-state index contributed by atoms with van der Waals surface area (Å²) in [5.74, 6) is 0. The average molecular weight is 266 g/mol. The van der Waals surface area contributed by atoms with Gasteiger partial charge in [0.15, 0.2) is 0 Å². The van der Waals surface area contributed by atoms with Crippen molar-refractivity contribution in [1.82, 2.24) is 10.2 Å². The zero-order chi connectivity index (χ0) is 13.2. The normalized spacial score (nSPS) is 44.2. The minimum absolute atomic E-state index is 0.497. The molecular formula is C16H30N2O. The molecule has 0 aromatic heterocycles. The lowest BCUT2D eigenvalue weighted by atomic mass is 9.82. The van der Waals surface area contributed by atoms with Crippen LogP contribution < -0.4 is 5.32 Å². The van der Waals surface area contributed by atoms with E-state index in [1.54, 1.807) is 0 Å². The summed E-state index contributed by atoms with van der Waals surface area (Å²) in [6.45, 7) is 3.20. The van der Waals surface area contributed by atoms with E-state index in [0.29, 0.717) is 12.1 Å². The molecule has 3 fully saturated rings. The van der Waals surface area contributed by atoms with Crippen molar-refractivity contribution in [1.29, 1.82) is 0 Å². The van der Waals surface area contributed by atoms with Crippen LogP contribution in [0.15, 0.2) is 0 Å². The maximum absolute atomic E-state index is 5.79. The standard InChI is InChI=1S/C16H30N2O/c1-3-16-11-12(7-8-19-16)17-13-9-14-5-4-6-15(10-13)18(14)2/h12-17H,3-11H2,1-2H3. The van der Waals surface area contributed by atoms with Crippen LogP contribution in [-0.2, 0) is 4.74 Å². The van der Waals surface area contributed by atoms with Gasteiger partial charge in [0.2, 0.25) is 0 Å². The van der Waals surface area contributed by atoms with Crippen LogP contribution in [0.3, 0.4) is 0 Å². The minimum atomic E-state index is 0.497. The molecule has 0 aromatic carbocycles. The van der Waals surface area contributed by atoms with Gasteiger partial charge in [-0.3, -0.25) is 0 Å². The van der Waals surface area contributed by atoms with Crippen LogP contribution in [0.25, 0.3) is 0 Å². The summed E-state index contributed by atoms with van der Waals surface area (Å²) in [5.41, 5.74) is 0. The molecule has 0 spiro atoms. The highest BCUT2D eigenvalue weighted by Gasteiger charge is 2.36. The molecule has 0 radical (unpaired) electrons. The predicted molar refractivity (Wildman–Crippen MR) is 78.4 cm³/mol. The molecule has 3 heteroatoms. The van der Waals surface area contributed by atoms with Gasteiger partial charge in [0, 0.05) is 30.8 Å². The Kier molecular flexibility index (Phi) is 4.45. The highest BCUT2D eigenvalue weighted by Crippen LogP contribution is 2.33. The number of piperidine rings is 2. The van der Waals surface area contributed by atoms with Crippen molar-refractivity contribution in [3.8, 4) is 0 Å². The zero-order valence-electron chi connectivity index (χ0n) is 12.6. The van der Waals surface area contributed by atoms with Crippen LogP contribution >= 0.6 is 0 Å². The largest absolute Gasteiger partial charge is 0.378 e. The molecule has 3 rings (SSSR count). The molecular weight excluding hydrogens is 236 g/mol. The SMILES string of the molecule is CCC1CC(NC2CC3CCCC(C2)N3C)CCO1. The van der Waals surface area contributed by atoms with Crippen molar-refractivity contribution in [2.75, 3.05) is 13.7 Å². The van der Waals surface area contributed by atoms with Gasteiger partial charge < -0.3 is 15.0 Å². The van der Waals surface area contributed by atoms with Crippen molar-refractivity contribution in [3.63, 3.8) is 0 Å². The Labute approximate surface area is 118 Å². The number of fused-ring (bicyclic) bond motifs is 2. The second kappa shape index (κ2) is 6.11. The molecule has 0 aliphatic carbocycles. The quantitative estimate of drug-likeness (QED) is 0.849. The van der Waals surface area contributed by atoms with Gasteiger partial charge in [-0.1, -0.05) is 13.3 Å². The highest BCUT2D eigenvalue weighted by atomic mass is 16.5. The van der Waals surface area contributed by atoms with E-state index in [4.69, 9.17) is 4.74 Å². The zero-order valence-corrected chi connectivity index (χ0v) is 12.6. The lowest BCUT2D eigenvalue weighted by Gasteiger charge is -2.48. The van der Waals surface area contributed by atoms with Gasteiger partial charge in [-0.2, -0.15) is 0 Å². The van der Waals surface area contributed by atoms with Gasteiger partial charge in [-0.05, 0) is 52.0 Å². The molecule has 4 atom stereocenters. The Bertz CT molecular complexity index is 282. The lowest BCUT2D eigenvalue weighted by molar-refractivity contribution is -0.00929. The fourth-order valence-corrected chi connectivity index (χ4v) is 4.40. The summed E-state index contributed by atoms with van der Waals surface area (Å²) in [7, 11) is 2.34. The monoisotopic (exact) mass is 266 g/mol. The van der Waals surface area contributed by atoms with E-state index in [1.807, 2.05) is 0 Å². The van der Waals surface area contributed by atoms with E-state index in [2.05, 4.69) is 24.2 Å². The Morgan fingerprint density at radius 2 is 1.79 bits per heavy atom. The summed E-state index contributed by atoms with van der Waals surface area (Å²) in [6.07, 6.45) is 11.1. The van der Waals surface area contributed by atoms with Crippen molar-refractivity contribution in [3.05, 3.63) is 0 Å².